The van der Waals surface area contributed by atoms with Gasteiger partial charge in [-0.2, -0.15) is 11.8 Å². The van der Waals surface area contributed by atoms with Crippen molar-refractivity contribution in [2.45, 2.75) is 63.7 Å². The molecule has 1 saturated heterocycles. The Morgan fingerprint density at radius 3 is 2.59 bits per heavy atom. The van der Waals surface area contributed by atoms with Gasteiger partial charge in [0.05, 0.1) is 12.6 Å². The molecule has 5 atom stereocenters. The quantitative estimate of drug-likeness (QED) is 0.317. The fourth-order valence-electron chi connectivity index (χ4n) is 3.15. The van der Waals surface area contributed by atoms with Crippen LogP contribution in [0.2, 0.25) is 0 Å². The lowest BCUT2D eigenvalue weighted by molar-refractivity contribution is -0.141. The van der Waals surface area contributed by atoms with Gasteiger partial charge in [0, 0.05) is 6.54 Å². The summed E-state index contributed by atoms with van der Waals surface area (Å²) in [6.45, 7) is 3.74. The van der Waals surface area contributed by atoms with Crippen LogP contribution in [-0.2, 0) is 19.2 Å². The van der Waals surface area contributed by atoms with Crippen LogP contribution in [0, 0.1) is 5.92 Å². The van der Waals surface area contributed by atoms with Crippen molar-refractivity contribution in [2.75, 3.05) is 25.2 Å². The normalized spacial score (nSPS) is 20.4. The van der Waals surface area contributed by atoms with Gasteiger partial charge in [-0.1, -0.05) is 20.3 Å². The van der Waals surface area contributed by atoms with Crippen molar-refractivity contribution in [3.8, 4) is 0 Å². The Hall–Kier alpha value is -1.65. The fraction of sp³-hybridized carbons (Fsp3) is 0.789. The van der Waals surface area contributed by atoms with E-state index in [0.717, 1.165) is 6.42 Å². The maximum Gasteiger partial charge on any atom is 0.243 e. The molecule has 0 bridgehead atoms. The molecule has 0 aromatic heterocycles. The number of nitrogens with one attached hydrogen (secondary N) is 2. The Labute approximate surface area is 176 Å². The van der Waals surface area contributed by atoms with Crippen molar-refractivity contribution < 1.29 is 24.3 Å². The maximum atomic E-state index is 12.9. The van der Waals surface area contributed by atoms with E-state index in [-0.39, 0.29) is 11.8 Å². The van der Waals surface area contributed by atoms with Crippen LogP contribution in [0.4, 0.5) is 0 Å². The molecule has 1 rings (SSSR count). The first kappa shape index (κ1) is 25.4. The molecule has 0 aliphatic carbocycles. The van der Waals surface area contributed by atoms with Gasteiger partial charge in [0.15, 0.2) is 0 Å². The Morgan fingerprint density at radius 1 is 1.34 bits per heavy atom. The number of rotatable bonds is 12. The predicted molar refractivity (Wildman–Crippen MR) is 112 cm³/mol. The molecule has 1 radical (unpaired) electrons. The first-order chi connectivity index (χ1) is 13.8. The van der Waals surface area contributed by atoms with Crippen LogP contribution in [0.1, 0.15) is 39.5 Å². The summed E-state index contributed by atoms with van der Waals surface area (Å²) in [4.78, 5) is 50.3. The van der Waals surface area contributed by atoms with E-state index in [4.69, 9.17) is 10.8 Å². The van der Waals surface area contributed by atoms with Gasteiger partial charge in [-0.25, -0.2) is 0 Å². The van der Waals surface area contributed by atoms with Crippen molar-refractivity contribution in [1.29, 1.82) is 0 Å². The molecule has 0 aromatic carbocycles. The van der Waals surface area contributed by atoms with Gasteiger partial charge in [-0.15, -0.1) is 0 Å². The number of carbonyl (C=O) groups is 3. The molecule has 10 heteroatoms. The number of nitrogens with two attached hydrogens (primary N) is 1. The summed E-state index contributed by atoms with van der Waals surface area (Å²) in [6, 6.07) is -3.36. The largest absolute Gasteiger partial charge is 0.394 e. The third-order valence-corrected chi connectivity index (χ3v) is 5.91. The van der Waals surface area contributed by atoms with Crippen LogP contribution in [-0.4, -0.2) is 83.3 Å². The first-order valence-electron chi connectivity index (χ1n) is 9.94. The van der Waals surface area contributed by atoms with Crippen LogP contribution in [0.3, 0.4) is 0 Å². The van der Waals surface area contributed by atoms with Crippen molar-refractivity contribution in [2.24, 2.45) is 11.7 Å². The van der Waals surface area contributed by atoms with Crippen LogP contribution in [0.25, 0.3) is 0 Å². The van der Waals surface area contributed by atoms with Gasteiger partial charge < -0.3 is 26.4 Å². The molecule has 3 amide bonds. The number of hydrogen-bond acceptors (Lipinski definition) is 7. The summed E-state index contributed by atoms with van der Waals surface area (Å²) in [7, 11) is 0. The van der Waals surface area contributed by atoms with Gasteiger partial charge in [0.25, 0.3) is 0 Å². The van der Waals surface area contributed by atoms with Crippen molar-refractivity contribution >= 4 is 35.8 Å². The highest BCUT2D eigenvalue weighted by molar-refractivity contribution is 7.98. The molecule has 0 saturated carbocycles. The van der Waals surface area contributed by atoms with Crippen molar-refractivity contribution in [3.63, 3.8) is 0 Å². The lowest BCUT2D eigenvalue weighted by Gasteiger charge is -2.30. The van der Waals surface area contributed by atoms with Crippen LogP contribution < -0.4 is 16.4 Å². The van der Waals surface area contributed by atoms with Gasteiger partial charge in [-0.3, -0.25) is 19.2 Å². The second-order valence-corrected chi connectivity index (χ2v) is 8.29. The number of nitrogens with zero attached hydrogens (tertiary/aromatic N) is 1. The van der Waals surface area contributed by atoms with E-state index >= 15 is 0 Å². The highest BCUT2D eigenvalue weighted by Gasteiger charge is 2.38. The van der Waals surface area contributed by atoms with E-state index in [1.807, 2.05) is 20.1 Å². The zero-order valence-corrected chi connectivity index (χ0v) is 18.2. The van der Waals surface area contributed by atoms with Gasteiger partial charge in [-0.05, 0) is 37.2 Å². The molecule has 0 spiro atoms. The smallest absolute Gasteiger partial charge is 0.243 e. The number of aliphatic hydroxyl groups excluding tert-OH is 1. The molecule has 0 unspecified atom stereocenters. The average Bonchev–Trinajstić information content (AvgIpc) is 3.22. The van der Waals surface area contributed by atoms with Crippen LogP contribution >= 0.6 is 11.8 Å². The molecule has 29 heavy (non-hydrogen) atoms. The third-order valence-electron chi connectivity index (χ3n) is 5.27. The number of amides is 3. The Balaban J connectivity index is 2.84. The molecule has 1 fully saturated rings. The van der Waals surface area contributed by atoms with Gasteiger partial charge in [0.1, 0.15) is 18.1 Å². The standard InChI is InChI=1S/C19H33N4O5S/c1-4-12(2)16(20)19(28)23-8-5-6-15(23)18(27)22-14(7-9-29-3)17(26)21-13(10-24)11-25/h12-16,24H,4-10,20H2,1-3H3,(H,21,26)(H,22,27)/t12-,13-,14-,15-,16-/m0/s1. The Morgan fingerprint density at radius 2 is 2.03 bits per heavy atom. The predicted octanol–water partition coefficient (Wildman–Crippen LogP) is -0.824. The minimum Gasteiger partial charge on any atom is -0.394 e. The topological polar surface area (TPSA) is 142 Å². The molecule has 1 aliphatic heterocycles. The van der Waals surface area contributed by atoms with Gasteiger partial charge in [0.2, 0.25) is 24.0 Å². The number of hydrogen-bond donors (Lipinski definition) is 4. The highest BCUT2D eigenvalue weighted by Crippen LogP contribution is 2.21. The lowest BCUT2D eigenvalue weighted by Crippen LogP contribution is -2.57. The average molecular weight is 430 g/mol. The van der Waals surface area contributed by atoms with Crippen LogP contribution in [0.5, 0.6) is 0 Å². The summed E-state index contributed by atoms with van der Waals surface area (Å²) in [5, 5.41) is 14.1. The number of likely N-dealkylation sites (tertiary alicyclic amines) is 1. The molecular formula is C19H33N4O5S. The number of carbonyl (C=O) groups excluding carboxylic acids is 4. The Kier molecular flexibility index (Phi) is 11.2. The van der Waals surface area contributed by atoms with Crippen LogP contribution in [0.15, 0.2) is 0 Å². The lowest BCUT2D eigenvalue weighted by atomic mass is 9.98. The van der Waals surface area contributed by atoms with Gasteiger partial charge >= 0.3 is 0 Å². The highest BCUT2D eigenvalue weighted by atomic mass is 32.2. The van der Waals surface area contributed by atoms with E-state index in [2.05, 4.69) is 10.6 Å². The molecule has 1 heterocycles. The molecular weight excluding hydrogens is 396 g/mol. The maximum absolute atomic E-state index is 12.9. The summed E-state index contributed by atoms with van der Waals surface area (Å²) in [6.07, 6.45) is 5.71. The molecule has 5 N–H and O–H groups in total. The summed E-state index contributed by atoms with van der Waals surface area (Å²) in [5.41, 5.74) is 6.06. The summed E-state index contributed by atoms with van der Waals surface area (Å²) < 4.78 is 0. The van der Waals surface area contributed by atoms with Crippen molar-refractivity contribution in [3.05, 3.63) is 0 Å². The molecule has 1 aliphatic rings. The zero-order valence-electron chi connectivity index (χ0n) is 17.3. The molecule has 0 aromatic rings. The fourth-order valence-corrected chi connectivity index (χ4v) is 3.62. The van der Waals surface area contributed by atoms with E-state index < -0.39 is 42.6 Å². The van der Waals surface area contributed by atoms with Crippen molar-refractivity contribution in [1.82, 2.24) is 15.5 Å². The molecule has 165 valence electrons. The Bertz CT molecular complexity index is 577. The minimum absolute atomic E-state index is 0.00178. The third kappa shape index (κ3) is 7.27. The zero-order chi connectivity index (χ0) is 22.0. The summed E-state index contributed by atoms with van der Waals surface area (Å²) in [5.74, 6) is -0.620. The van der Waals surface area contributed by atoms with E-state index in [0.29, 0.717) is 31.6 Å². The second kappa shape index (κ2) is 12.8. The summed E-state index contributed by atoms with van der Waals surface area (Å²) >= 11 is 1.51. The van der Waals surface area contributed by atoms with E-state index in [1.54, 1.807) is 0 Å². The SMILES string of the molecule is CC[C@H](C)[C@H](N)C(=O)N1CCC[C@H]1C(=O)N[C@@H](CCSC)C(=O)N[C@H]([C]=O)CO. The van der Waals surface area contributed by atoms with E-state index in [1.165, 1.54) is 22.9 Å². The second-order valence-electron chi connectivity index (χ2n) is 7.31. The minimum atomic E-state index is -1.14. The number of aliphatic hydroxyl groups is 1. The first-order valence-corrected chi connectivity index (χ1v) is 11.3. The number of thioether (sulfide) groups is 1. The molecule has 9 nitrogen and oxygen atoms in total. The monoisotopic (exact) mass is 429 g/mol. The van der Waals surface area contributed by atoms with E-state index in [9.17, 15) is 19.2 Å².